The first-order valence-corrected chi connectivity index (χ1v) is 10.8. The van der Waals surface area contributed by atoms with Crippen LogP contribution in [0, 0.1) is 0 Å². The summed E-state index contributed by atoms with van der Waals surface area (Å²) in [5, 5.41) is 3.45. The van der Waals surface area contributed by atoms with Crippen molar-refractivity contribution in [2.75, 3.05) is 38.8 Å². The Morgan fingerprint density at radius 2 is 1.97 bits per heavy atom. The van der Waals surface area contributed by atoms with E-state index < -0.39 is 5.97 Å². The molecule has 1 heterocycles. The second-order valence-corrected chi connectivity index (χ2v) is 8.30. The Labute approximate surface area is 179 Å². The summed E-state index contributed by atoms with van der Waals surface area (Å²) in [4.78, 5) is 42.7. The van der Waals surface area contributed by atoms with Crippen LogP contribution in [-0.2, 0) is 28.9 Å². The summed E-state index contributed by atoms with van der Waals surface area (Å²) in [6.07, 6.45) is 2.74. The predicted octanol–water partition coefficient (Wildman–Crippen LogP) is 1.81. The Balaban J connectivity index is 1.65. The molecule has 0 fully saturated rings. The largest absolute Gasteiger partial charge is 0.465 e. The lowest BCUT2D eigenvalue weighted by Gasteiger charge is -2.16. The fraction of sp³-hybridized carbons (Fsp3) is 0.429. The van der Waals surface area contributed by atoms with Gasteiger partial charge in [-0.1, -0.05) is 11.8 Å². The highest BCUT2D eigenvalue weighted by molar-refractivity contribution is 8.00. The van der Waals surface area contributed by atoms with Crippen molar-refractivity contribution in [2.24, 2.45) is 0 Å². The second-order valence-electron chi connectivity index (χ2n) is 7.34. The van der Waals surface area contributed by atoms with Gasteiger partial charge < -0.3 is 15.0 Å². The maximum atomic E-state index is 12.5. The maximum absolute atomic E-state index is 12.5. The van der Waals surface area contributed by atoms with Gasteiger partial charge >= 0.3 is 11.7 Å². The van der Waals surface area contributed by atoms with Gasteiger partial charge in [0, 0.05) is 30.0 Å². The summed E-state index contributed by atoms with van der Waals surface area (Å²) in [5.74, 6) is -0.473. The highest BCUT2D eigenvalue weighted by Crippen LogP contribution is 2.29. The second kappa shape index (κ2) is 9.90. The van der Waals surface area contributed by atoms with Crippen LogP contribution in [0.25, 0.3) is 0 Å². The van der Waals surface area contributed by atoms with Crippen molar-refractivity contribution in [1.82, 2.24) is 14.5 Å². The molecule has 0 saturated heterocycles. The molecule has 0 unspecified atom stereocenters. The lowest BCUT2D eigenvalue weighted by Crippen LogP contribution is -2.31. The molecule has 0 radical (unpaired) electrons. The average molecular weight is 431 g/mol. The number of nitrogens with zero attached hydrogens (tertiary/aromatic N) is 3. The van der Waals surface area contributed by atoms with Gasteiger partial charge in [-0.3, -0.25) is 9.36 Å². The van der Waals surface area contributed by atoms with Gasteiger partial charge in [-0.15, -0.1) is 0 Å². The van der Waals surface area contributed by atoms with Gasteiger partial charge in [0.1, 0.15) is 5.03 Å². The van der Waals surface area contributed by atoms with E-state index in [0.717, 1.165) is 37.1 Å². The van der Waals surface area contributed by atoms with E-state index in [1.165, 1.54) is 18.9 Å². The molecule has 9 heteroatoms. The number of fused-ring (bicyclic) bond motifs is 1. The molecule has 2 aromatic rings. The molecule has 1 aromatic carbocycles. The van der Waals surface area contributed by atoms with Crippen LogP contribution in [0.15, 0.2) is 34.1 Å². The molecule has 1 aliphatic rings. The molecule has 30 heavy (non-hydrogen) atoms. The number of hydrogen-bond acceptors (Lipinski definition) is 7. The van der Waals surface area contributed by atoms with Gasteiger partial charge in [-0.25, -0.2) is 9.59 Å². The summed E-state index contributed by atoms with van der Waals surface area (Å²) < 4.78 is 6.43. The average Bonchev–Trinajstić information content (AvgIpc) is 3.21. The minimum atomic E-state index is -0.427. The first-order valence-electron chi connectivity index (χ1n) is 9.77. The standard InChI is InChI=1S/C21H26N4O4S/c1-24(2)11-12-25-17-6-4-5-16(17)19(23-21(25)28)30-13-18(26)22-15-9-7-14(8-10-15)20(27)29-3/h7-10H,4-6,11-13H2,1-3H3,(H,22,26). The minimum Gasteiger partial charge on any atom is -0.465 e. The number of carbonyl (C=O) groups excluding carboxylic acids is 2. The number of hydrogen-bond donors (Lipinski definition) is 1. The Morgan fingerprint density at radius 1 is 1.23 bits per heavy atom. The molecular weight excluding hydrogens is 404 g/mol. The number of ether oxygens (including phenoxy) is 1. The van der Waals surface area contributed by atoms with Gasteiger partial charge in [0.15, 0.2) is 0 Å². The van der Waals surface area contributed by atoms with Crippen molar-refractivity contribution < 1.29 is 14.3 Å². The number of methoxy groups -OCH3 is 1. The fourth-order valence-electron chi connectivity index (χ4n) is 3.37. The number of anilines is 1. The van der Waals surface area contributed by atoms with Crippen LogP contribution in [-0.4, -0.2) is 59.8 Å². The maximum Gasteiger partial charge on any atom is 0.348 e. The van der Waals surface area contributed by atoms with Crippen LogP contribution in [0.2, 0.25) is 0 Å². The predicted molar refractivity (Wildman–Crippen MR) is 116 cm³/mol. The van der Waals surface area contributed by atoms with Gasteiger partial charge in [-0.05, 0) is 57.6 Å². The van der Waals surface area contributed by atoms with Crippen LogP contribution < -0.4 is 11.0 Å². The van der Waals surface area contributed by atoms with E-state index in [1.54, 1.807) is 28.8 Å². The van der Waals surface area contributed by atoms with E-state index in [9.17, 15) is 14.4 Å². The van der Waals surface area contributed by atoms with Crippen LogP contribution in [0.5, 0.6) is 0 Å². The summed E-state index contributed by atoms with van der Waals surface area (Å²) in [6, 6.07) is 6.49. The van der Waals surface area contributed by atoms with E-state index in [0.29, 0.717) is 22.8 Å². The molecule has 3 rings (SSSR count). The number of nitrogens with one attached hydrogen (secondary N) is 1. The van der Waals surface area contributed by atoms with Crippen LogP contribution >= 0.6 is 11.8 Å². The lowest BCUT2D eigenvalue weighted by atomic mass is 10.2. The van der Waals surface area contributed by atoms with Crippen molar-refractivity contribution in [3.05, 3.63) is 51.6 Å². The van der Waals surface area contributed by atoms with Crippen molar-refractivity contribution >= 4 is 29.3 Å². The highest BCUT2D eigenvalue weighted by Gasteiger charge is 2.22. The third kappa shape index (κ3) is 5.28. The Bertz CT molecular complexity index is 986. The number of benzene rings is 1. The van der Waals surface area contributed by atoms with Crippen molar-refractivity contribution in [2.45, 2.75) is 30.8 Å². The molecular formula is C21H26N4O4S. The van der Waals surface area contributed by atoms with E-state index in [1.807, 2.05) is 19.0 Å². The van der Waals surface area contributed by atoms with Crippen LogP contribution in [0.4, 0.5) is 5.69 Å². The Morgan fingerprint density at radius 3 is 2.63 bits per heavy atom. The smallest absolute Gasteiger partial charge is 0.348 e. The molecule has 1 aromatic heterocycles. The number of carbonyl (C=O) groups is 2. The number of likely N-dealkylation sites (N-methyl/N-ethyl adjacent to an activating group) is 1. The number of aromatic nitrogens is 2. The van der Waals surface area contributed by atoms with E-state index in [-0.39, 0.29) is 17.3 Å². The summed E-state index contributed by atoms with van der Waals surface area (Å²) in [6.45, 7) is 1.39. The summed E-state index contributed by atoms with van der Waals surface area (Å²) in [5.41, 5.74) is 2.90. The Kier molecular flexibility index (Phi) is 7.28. The van der Waals surface area contributed by atoms with Crippen LogP contribution in [0.3, 0.4) is 0 Å². The highest BCUT2D eigenvalue weighted by atomic mass is 32.2. The number of rotatable bonds is 8. The molecule has 0 atom stereocenters. The number of esters is 1. The molecule has 0 spiro atoms. The summed E-state index contributed by atoms with van der Waals surface area (Å²) >= 11 is 1.29. The zero-order valence-electron chi connectivity index (χ0n) is 17.4. The van der Waals surface area contributed by atoms with Crippen LogP contribution in [0.1, 0.15) is 28.0 Å². The van der Waals surface area contributed by atoms with Crippen molar-refractivity contribution in [3.8, 4) is 0 Å². The number of thioether (sulfide) groups is 1. The van der Waals surface area contributed by atoms with E-state index >= 15 is 0 Å². The zero-order chi connectivity index (χ0) is 21.7. The molecule has 0 bridgehead atoms. The zero-order valence-corrected chi connectivity index (χ0v) is 18.3. The van der Waals surface area contributed by atoms with Crippen molar-refractivity contribution in [1.29, 1.82) is 0 Å². The lowest BCUT2D eigenvalue weighted by molar-refractivity contribution is -0.113. The first kappa shape index (κ1) is 22.0. The first-order chi connectivity index (χ1) is 14.4. The van der Waals surface area contributed by atoms with Gasteiger partial charge in [0.25, 0.3) is 0 Å². The topological polar surface area (TPSA) is 93.5 Å². The third-order valence-electron chi connectivity index (χ3n) is 4.90. The third-order valence-corrected chi connectivity index (χ3v) is 5.92. The molecule has 1 N–H and O–H groups in total. The summed E-state index contributed by atoms with van der Waals surface area (Å²) in [7, 11) is 5.27. The fourth-order valence-corrected chi connectivity index (χ4v) is 4.25. The van der Waals surface area contributed by atoms with Gasteiger partial charge in [0.2, 0.25) is 5.91 Å². The quantitative estimate of drug-likeness (QED) is 0.388. The van der Waals surface area contributed by atoms with Gasteiger partial charge in [0.05, 0.1) is 18.4 Å². The van der Waals surface area contributed by atoms with E-state index in [4.69, 9.17) is 0 Å². The molecule has 0 aliphatic heterocycles. The van der Waals surface area contributed by atoms with E-state index in [2.05, 4.69) is 15.0 Å². The normalized spacial score (nSPS) is 12.7. The molecule has 0 saturated carbocycles. The SMILES string of the molecule is COC(=O)c1ccc(NC(=O)CSc2nc(=O)n(CCN(C)C)c3c2CCC3)cc1. The number of amides is 1. The van der Waals surface area contributed by atoms with Gasteiger partial charge in [-0.2, -0.15) is 4.98 Å². The molecule has 1 aliphatic carbocycles. The molecule has 160 valence electrons. The molecule has 1 amide bonds. The Hall–Kier alpha value is -2.65. The monoisotopic (exact) mass is 430 g/mol. The molecule has 8 nitrogen and oxygen atoms in total. The minimum absolute atomic E-state index is 0.152. The van der Waals surface area contributed by atoms with Crippen molar-refractivity contribution in [3.63, 3.8) is 0 Å².